The molecule has 2 aliphatic heterocycles. The second-order valence-corrected chi connectivity index (χ2v) is 6.79. The van der Waals surface area contributed by atoms with Gasteiger partial charge in [0.2, 0.25) is 0 Å². The highest BCUT2D eigenvalue weighted by Gasteiger charge is 2.30. The molecule has 0 saturated carbocycles. The molecular weight excluding hydrogens is 322 g/mol. The maximum atomic E-state index is 5.96. The molecule has 0 fully saturated rings. The van der Waals surface area contributed by atoms with Gasteiger partial charge in [-0.25, -0.2) is 0 Å². The Morgan fingerprint density at radius 1 is 1.08 bits per heavy atom. The number of hydrogen-bond donors (Lipinski definition) is 0. The van der Waals surface area contributed by atoms with Gasteiger partial charge in [0.25, 0.3) is 0 Å². The van der Waals surface area contributed by atoms with Crippen LogP contribution in [0.4, 0.5) is 0 Å². The first kappa shape index (κ1) is 15.5. The number of oxime groups is 1. The van der Waals surface area contributed by atoms with Gasteiger partial charge in [0.15, 0.2) is 12.1 Å². The van der Waals surface area contributed by atoms with E-state index < -0.39 is 0 Å². The minimum absolute atomic E-state index is 0.0144. The Balaban J connectivity index is 1.49. The molecule has 24 heavy (non-hydrogen) atoms. The van der Waals surface area contributed by atoms with E-state index in [0.29, 0.717) is 0 Å². The van der Waals surface area contributed by atoms with E-state index >= 15 is 0 Å². The average molecular weight is 342 g/mol. The standard InChI is InChI=1S/C19H20ClN3O/c1-22-13-18(23-11-10-14-4-2-3-5-16(14)12-23)24-21-19(22)15-6-8-17(20)9-7-15/h2-9,18H,10-13H2,1H3. The van der Waals surface area contributed by atoms with Gasteiger partial charge in [-0.1, -0.05) is 41.0 Å². The van der Waals surface area contributed by atoms with E-state index in [-0.39, 0.29) is 6.23 Å². The van der Waals surface area contributed by atoms with E-state index in [1.807, 2.05) is 24.3 Å². The maximum absolute atomic E-state index is 5.96. The van der Waals surface area contributed by atoms with Crippen LogP contribution in [-0.2, 0) is 17.8 Å². The molecule has 1 unspecified atom stereocenters. The third-order valence-corrected chi connectivity index (χ3v) is 4.97. The molecule has 4 nitrogen and oxygen atoms in total. The maximum Gasteiger partial charge on any atom is 0.199 e. The van der Waals surface area contributed by atoms with E-state index in [1.54, 1.807) is 0 Å². The topological polar surface area (TPSA) is 28.1 Å². The molecule has 2 heterocycles. The molecule has 4 rings (SSSR count). The molecule has 0 amide bonds. The monoisotopic (exact) mass is 341 g/mol. The van der Waals surface area contributed by atoms with Crippen molar-refractivity contribution in [3.8, 4) is 0 Å². The van der Waals surface area contributed by atoms with Crippen LogP contribution in [0.3, 0.4) is 0 Å². The number of benzene rings is 2. The van der Waals surface area contributed by atoms with Gasteiger partial charge in [0, 0.05) is 30.7 Å². The van der Waals surface area contributed by atoms with Gasteiger partial charge in [-0.05, 0) is 41.8 Å². The van der Waals surface area contributed by atoms with Crippen LogP contribution >= 0.6 is 11.6 Å². The van der Waals surface area contributed by atoms with Crippen LogP contribution in [-0.4, -0.2) is 42.0 Å². The fraction of sp³-hybridized carbons (Fsp3) is 0.316. The Bertz CT molecular complexity index is 759. The van der Waals surface area contributed by atoms with Gasteiger partial charge in [-0.3, -0.25) is 4.90 Å². The molecule has 0 spiro atoms. The van der Waals surface area contributed by atoms with Crippen LogP contribution < -0.4 is 0 Å². The van der Waals surface area contributed by atoms with Crippen LogP contribution in [0.2, 0.25) is 5.02 Å². The first-order chi connectivity index (χ1) is 11.7. The Labute approximate surface area is 147 Å². The molecular formula is C19H20ClN3O. The van der Waals surface area contributed by atoms with Gasteiger partial charge < -0.3 is 9.74 Å². The van der Waals surface area contributed by atoms with Crippen molar-refractivity contribution >= 4 is 17.4 Å². The number of fused-ring (bicyclic) bond motifs is 1. The largest absolute Gasteiger partial charge is 0.373 e. The number of nitrogens with zero attached hydrogens (tertiary/aromatic N) is 3. The highest BCUT2D eigenvalue weighted by Crippen LogP contribution is 2.23. The highest BCUT2D eigenvalue weighted by molar-refractivity contribution is 6.30. The summed E-state index contributed by atoms with van der Waals surface area (Å²) in [6.07, 6.45) is 1.05. The van der Waals surface area contributed by atoms with E-state index in [9.17, 15) is 0 Å². The van der Waals surface area contributed by atoms with Crippen LogP contribution in [0.1, 0.15) is 16.7 Å². The number of amidine groups is 1. The van der Waals surface area contributed by atoms with Crippen molar-refractivity contribution in [3.63, 3.8) is 0 Å². The molecule has 2 aliphatic rings. The van der Waals surface area contributed by atoms with Crippen LogP contribution in [0, 0.1) is 0 Å². The summed E-state index contributed by atoms with van der Waals surface area (Å²) in [7, 11) is 2.06. The summed E-state index contributed by atoms with van der Waals surface area (Å²) in [5.74, 6) is 0.848. The zero-order valence-corrected chi connectivity index (χ0v) is 14.4. The lowest BCUT2D eigenvalue weighted by molar-refractivity contribution is -0.0843. The predicted octanol–water partition coefficient (Wildman–Crippen LogP) is 3.35. The fourth-order valence-electron chi connectivity index (χ4n) is 3.35. The van der Waals surface area contributed by atoms with E-state index in [1.165, 1.54) is 11.1 Å². The van der Waals surface area contributed by atoms with Gasteiger partial charge in [0.05, 0.1) is 6.54 Å². The molecule has 5 heteroatoms. The zero-order valence-electron chi connectivity index (χ0n) is 13.7. The lowest BCUT2D eigenvalue weighted by Gasteiger charge is -2.38. The van der Waals surface area contributed by atoms with Crippen molar-refractivity contribution in [3.05, 3.63) is 70.2 Å². The van der Waals surface area contributed by atoms with Crippen LogP contribution in [0.15, 0.2) is 53.7 Å². The van der Waals surface area contributed by atoms with Gasteiger partial charge in [0.1, 0.15) is 0 Å². The molecule has 1 atom stereocenters. The van der Waals surface area contributed by atoms with Crippen molar-refractivity contribution in [2.24, 2.45) is 5.16 Å². The molecule has 0 bridgehead atoms. The summed E-state index contributed by atoms with van der Waals surface area (Å²) in [6, 6.07) is 16.3. The minimum Gasteiger partial charge on any atom is -0.373 e. The van der Waals surface area contributed by atoms with Gasteiger partial charge in [-0.2, -0.15) is 0 Å². The van der Waals surface area contributed by atoms with Crippen molar-refractivity contribution in [2.45, 2.75) is 19.2 Å². The second-order valence-electron chi connectivity index (χ2n) is 6.35. The summed E-state index contributed by atoms with van der Waals surface area (Å²) in [4.78, 5) is 10.4. The summed E-state index contributed by atoms with van der Waals surface area (Å²) in [5.41, 5.74) is 3.86. The molecule has 0 aromatic heterocycles. The normalized spacial score (nSPS) is 21.0. The molecule has 124 valence electrons. The first-order valence-electron chi connectivity index (χ1n) is 8.22. The number of halogens is 1. The fourth-order valence-corrected chi connectivity index (χ4v) is 3.48. The average Bonchev–Trinajstić information content (AvgIpc) is 2.62. The summed E-state index contributed by atoms with van der Waals surface area (Å²) in [6.45, 7) is 2.71. The Morgan fingerprint density at radius 2 is 1.83 bits per heavy atom. The lowest BCUT2D eigenvalue weighted by atomic mass is 10.00. The van der Waals surface area contributed by atoms with Crippen molar-refractivity contribution in [1.82, 2.24) is 9.80 Å². The first-order valence-corrected chi connectivity index (χ1v) is 8.60. The van der Waals surface area contributed by atoms with E-state index in [0.717, 1.165) is 42.5 Å². The smallest absolute Gasteiger partial charge is 0.199 e. The molecule has 2 aromatic carbocycles. The summed E-state index contributed by atoms with van der Waals surface area (Å²) < 4.78 is 0. The van der Waals surface area contributed by atoms with Crippen molar-refractivity contribution < 1.29 is 4.84 Å². The zero-order chi connectivity index (χ0) is 16.5. The van der Waals surface area contributed by atoms with E-state index in [2.05, 4.69) is 46.3 Å². The molecule has 0 N–H and O–H groups in total. The Morgan fingerprint density at radius 3 is 2.58 bits per heavy atom. The number of rotatable bonds is 2. The van der Waals surface area contributed by atoms with Gasteiger partial charge >= 0.3 is 0 Å². The number of likely N-dealkylation sites (N-methyl/N-ethyl adjacent to an activating group) is 1. The SMILES string of the molecule is CN1CC(N2CCc3ccccc3C2)ON=C1c1ccc(Cl)cc1. The Kier molecular flexibility index (Phi) is 4.17. The third-order valence-electron chi connectivity index (χ3n) is 4.72. The number of hydrogen-bond acceptors (Lipinski definition) is 4. The second kappa shape index (κ2) is 6.46. The molecule has 0 aliphatic carbocycles. The quantitative estimate of drug-likeness (QED) is 0.838. The van der Waals surface area contributed by atoms with E-state index in [4.69, 9.17) is 16.4 Å². The predicted molar refractivity (Wildman–Crippen MR) is 96.0 cm³/mol. The van der Waals surface area contributed by atoms with Crippen LogP contribution in [0.5, 0.6) is 0 Å². The van der Waals surface area contributed by atoms with Crippen LogP contribution in [0.25, 0.3) is 0 Å². The molecule has 0 radical (unpaired) electrons. The lowest BCUT2D eigenvalue weighted by Crippen LogP contribution is -2.50. The summed E-state index contributed by atoms with van der Waals surface area (Å²) in [5, 5.41) is 5.11. The highest BCUT2D eigenvalue weighted by atomic mass is 35.5. The Hall–Kier alpha value is -2.04. The van der Waals surface area contributed by atoms with Gasteiger partial charge in [-0.15, -0.1) is 0 Å². The summed E-state index contributed by atoms with van der Waals surface area (Å²) >= 11 is 5.96. The van der Waals surface area contributed by atoms with Crippen molar-refractivity contribution in [1.29, 1.82) is 0 Å². The van der Waals surface area contributed by atoms with Crippen molar-refractivity contribution in [2.75, 3.05) is 20.1 Å². The third kappa shape index (κ3) is 2.99. The molecule has 2 aromatic rings. The molecule has 0 saturated heterocycles. The minimum atomic E-state index is -0.0144.